The Balaban J connectivity index is 3.35. The summed E-state index contributed by atoms with van der Waals surface area (Å²) in [6.07, 6.45) is 0. The van der Waals surface area contributed by atoms with Crippen LogP contribution in [0.4, 0.5) is 5.69 Å². The van der Waals surface area contributed by atoms with Crippen molar-refractivity contribution in [1.29, 1.82) is 0 Å². The number of halogens is 1. The van der Waals surface area contributed by atoms with Gasteiger partial charge in [-0.15, -0.1) is 4.40 Å². The molecule has 0 aromatic heterocycles. The fourth-order valence-corrected chi connectivity index (χ4v) is 2.10. The molecule has 0 radical (unpaired) electrons. The number of hydrogen-bond acceptors (Lipinski definition) is 3. The molecule has 0 saturated heterocycles. The van der Waals surface area contributed by atoms with Crippen molar-refractivity contribution < 1.29 is 8.42 Å². The molecule has 0 atom stereocenters. The van der Waals surface area contributed by atoms with Gasteiger partial charge in [-0.1, -0.05) is 11.6 Å². The van der Waals surface area contributed by atoms with Gasteiger partial charge in [-0.3, -0.25) is 0 Å². The van der Waals surface area contributed by atoms with Crippen molar-refractivity contribution >= 4 is 33.3 Å². The topological polar surface area (TPSA) is 125 Å². The van der Waals surface area contributed by atoms with Gasteiger partial charge in [0.05, 0.1) is 5.69 Å². The molecule has 0 amide bonds. The Hall–Kier alpha value is -1.47. The highest BCUT2D eigenvalue weighted by Crippen LogP contribution is 2.23. The van der Waals surface area contributed by atoms with Gasteiger partial charge >= 0.3 is 0 Å². The summed E-state index contributed by atoms with van der Waals surface area (Å²) < 4.78 is 26.1. The highest BCUT2D eigenvalue weighted by Gasteiger charge is 2.16. The maximum atomic E-state index is 11.5. The second-order valence-corrected chi connectivity index (χ2v) is 4.68. The zero-order chi connectivity index (χ0) is 11.6. The number of benzene rings is 1. The zero-order valence-electron chi connectivity index (χ0n) is 7.51. The molecule has 0 bridgehead atoms. The molecule has 1 rings (SSSR count). The van der Waals surface area contributed by atoms with E-state index in [1.54, 1.807) is 0 Å². The van der Waals surface area contributed by atoms with Crippen molar-refractivity contribution in [2.45, 2.75) is 4.90 Å². The highest BCUT2D eigenvalue weighted by atomic mass is 35.5. The van der Waals surface area contributed by atoms with Crippen LogP contribution in [0, 0.1) is 0 Å². The summed E-state index contributed by atoms with van der Waals surface area (Å²) in [5.41, 5.74) is 15.4. The molecule has 0 saturated carbocycles. The third kappa shape index (κ3) is 2.74. The molecule has 0 aliphatic carbocycles. The van der Waals surface area contributed by atoms with Crippen molar-refractivity contribution in [3.05, 3.63) is 23.2 Å². The van der Waals surface area contributed by atoms with Crippen LogP contribution in [-0.2, 0) is 10.0 Å². The van der Waals surface area contributed by atoms with Gasteiger partial charge in [-0.25, -0.2) is 0 Å². The van der Waals surface area contributed by atoms with E-state index in [0.29, 0.717) is 5.02 Å². The van der Waals surface area contributed by atoms with Crippen molar-refractivity contribution in [3.8, 4) is 0 Å². The summed E-state index contributed by atoms with van der Waals surface area (Å²) >= 11 is 5.61. The minimum absolute atomic E-state index is 0.00694. The standard InChI is InChI=1S/C7H9ClN4O2S/c8-4-1-2-6(5(9)3-4)15(13,14)12-7(10)11/h1-3H,9H2,(H4,10,11,12). The van der Waals surface area contributed by atoms with Crippen LogP contribution < -0.4 is 17.2 Å². The van der Waals surface area contributed by atoms with Gasteiger partial charge < -0.3 is 17.2 Å². The van der Waals surface area contributed by atoms with E-state index in [4.69, 9.17) is 28.8 Å². The number of sulfonamides is 1. The van der Waals surface area contributed by atoms with Crippen molar-refractivity contribution in [2.75, 3.05) is 5.73 Å². The molecule has 8 heteroatoms. The third-order valence-corrected chi connectivity index (χ3v) is 3.09. The number of hydrogen-bond donors (Lipinski definition) is 3. The van der Waals surface area contributed by atoms with E-state index in [1.165, 1.54) is 18.2 Å². The van der Waals surface area contributed by atoms with Crippen LogP contribution in [0.5, 0.6) is 0 Å². The van der Waals surface area contributed by atoms with E-state index in [2.05, 4.69) is 4.40 Å². The molecule has 0 spiro atoms. The average Bonchev–Trinajstić information content (AvgIpc) is 1.99. The smallest absolute Gasteiger partial charge is 0.287 e. The largest absolute Gasteiger partial charge is 0.398 e. The monoisotopic (exact) mass is 248 g/mol. The lowest BCUT2D eigenvalue weighted by Gasteiger charge is -2.03. The van der Waals surface area contributed by atoms with Crippen LogP contribution >= 0.6 is 11.6 Å². The second kappa shape index (κ2) is 3.95. The first-order chi connectivity index (χ1) is 6.83. The van der Waals surface area contributed by atoms with Crippen LogP contribution in [0.2, 0.25) is 5.02 Å². The van der Waals surface area contributed by atoms with Crippen molar-refractivity contribution in [2.24, 2.45) is 15.9 Å². The number of nitrogens with zero attached hydrogens (tertiary/aromatic N) is 1. The molecule has 6 N–H and O–H groups in total. The Labute approximate surface area is 91.8 Å². The van der Waals surface area contributed by atoms with E-state index < -0.39 is 16.0 Å². The molecule has 6 nitrogen and oxygen atoms in total. The molecule has 0 aliphatic rings. The van der Waals surface area contributed by atoms with Crippen LogP contribution in [0.1, 0.15) is 0 Å². The lowest BCUT2D eigenvalue weighted by Crippen LogP contribution is -2.24. The summed E-state index contributed by atoms with van der Waals surface area (Å²) in [4.78, 5) is -0.180. The van der Waals surface area contributed by atoms with Crippen LogP contribution in [0.3, 0.4) is 0 Å². The molecular formula is C7H9ClN4O2S. The molecule has 0 unspecified atom stereocenters. The van der Waals surface area contributed by atoms with E-state index in [9.17, 15) is 8.42 Å². The number of rotatable bonds is 2. The Bertz CT molecular complexity index is 508. The maximum Gasteiger partial charge on any atom is 0.287 e. The van der Waals surface area contributed by atoms with E-state index in [0.717, 1.165) is 0 Å². The molecular weight excluding hydrogens is 240 g/mol. The predicted octanol–water partition coefficient (Wildman–Crippen LogP) is -0.116. The van der Waals surface area contributed by atoms with Crippen LogP contribution in [0.25, 0.3) is 0 Å². The first-order valence-electron chi connectivity index (χ1n) is 3.74. The lowest BCUT2D eigenvalue weighted by molar-refractivity contribution is 0.598. The van der Waals surface area contributed by atoms with Gasteiger partial charge in [0.15, 0.2) is 0 Å². The normalized spacial score (nSPS) is 11.0. The van der Waals surface area contributed by atoms with Crippen molar-refractivity contribution in [1.82, 2.24) is 0 Å². The van der Waals surface area contributed by atoms with Gasteiger partial charge in [0.25, 0.3) is 10.0 Å². The Morgan fingerprint density at radius 3 is 2.40 bits per heavy atom. The van der Waals surface area contributed by atoms with E-state index in [-0.39, 0.29) is 10.6 Å². The molecule has 1 aromatic rings. The van der Waals surface area contributed by atoms with E-state index in [1.807, 2.05) is 0 Å². The number of nitrogens with two attached hydrogens (primary N) is 3. The van der Waals surface area contributed by atoms with Gasteiger partial charge in [0, 0.05) is 5.02 Å². The lowest BCUT2D eigenvalue weighted by atomic mass is 10.3. The first kappa shape index (κ1) is 11.6. The van der Waals surface area contributed by atoms with Gasteiger partial charge in [0.1, 0.15) is 4.90 Å². The minimum Gasteiger partial charge on any atom is -0.398 e. The number of nitrogen functional groups attached to an aromatic ring is 1. The first-order valence-corrected chi connectivity index (χ1v) is 5.55. The summed E-state index contributed by atoms with van der Waals surface area (Å²) in [6, 6.07) is 3.92. The molecule has 0 heterocycles. The van der Waals surface area contributed by atoms with E-state index >= 15 is 0 Å². The molecule has 0 aliphatic heterocycles. The average molecular weight is 249 g/mol. The Morgan fingerprint density at radius 1 is 1.33 bits per heavy atom. The number of guanidine groups is 1. The fraction of sp³-hybridized carbons (Fsp3) is 0. The third-order valence-electron chi connectivity index (χ3n) is 1.48. The predicted molar refractivity (Wildman–Crippen MR) is 58.9 cm³/mol. The molecule has 0 fully saturated rings. The SMILES string of the molecule is NC(N)=NS(=O)(=O)c1ccc(Cl)cc1N. The fourth-order valence-electron chi connectivity index (χ4n) is 0.942. The summed E-state index contributed by atoms with van der Waals surface area (Å²) in [5, 5.41) is 0.330. The summed E-state index contributed by atoms with van der Waals surface area (Å²) in [6.45, 7) is 0. The van der Waals surface area contributed by atoms with Gasteiger partial charge in [-0.2, -0.15) is 8.42 Å². The minimum atomic E-state index is -3.95. The zero-order valence-corrected chi connectivity index (χ0v) is 9.09. The Kier molecular flexibility index (Phi) is 3.06. The number of anilines is 1. The van der Waals surface area contributed by atoms with Gasteiger partial charge in [-0.05, 0) is 18.2 Å². The van der Waals surface area contributed by atoms with Crippen LogP contribution in [-0.4, -0.2) is 14.4 Å². The molecule has 1 aromatic carbocycles. The maximum absolute atomic E-state index is 11.5. The highest BCUT2D eigenvalue weighted by molar-refractivity contribution is 7.90. The Morgan fingerprint density at radius 2 is 1.93 bits per heavy atom. The second-order valence-electron chi connectivity index (χ2n) is 2.67. The quantitative estimate of drug-likeness (QED) is 0.382. The molecule has 82 valence electrons. The van der Waals surface area contributed by atoms with Gasteiger partial charge in [0.2, 0.25) is 5.96 Å². The summed E-state index contributed by atoms with van der Waals surface area (Å²) in [5.74, 6) is -0.552. The van der Waals surface area contributed by atoms with Crippen LogP contribution in [0.15, 0.2) is 27.5 Å². The molecule has 15 heavy (non-hydrogen) atoms. The van der Waals surface area contributed by atoms with Crippen molar-refractivity contribution in [3.63, 3.8) is 0 Å². The summed E-state index contributed by atoms with van der Waals surface area (Å²) in [7, 11) is -3.95.